The van der Waals surface area contributed by atoms with Crippen LogP contribution in [0.5, 0.6) is 5.75 Å². The van der Waals surface area contributed by atoms with Crippen LogP contribution in [0.3, 0.4) is 0 Å². The molecule has 3 aromatic rings. The van der Waals surface area contributed by atoms with Crippen LogP contribution in [0.2, 0.25) is 0 Å². The van der Waals surface area contributed by atoms with E-state index in [1.807, 2.05) is 38.1 Å². The second kappa shape index (κ2) is 8.51. The van der Waals surface area contributed by atoms with Crippen molar-refractivity contribution >= 4 is 22.8 Å². The number of ether oxygens (including phenoxy) is 2. The Bertz CT molecular complexity index is 983. The van der Waals surface area contributed by atoms with Crippen LogP contribution in [-0.2, 0) is 16.1 Å². The lowest BCUT2D eigenvalue weighted by Crippen LogP contribution is -2.45. The number of rotatable bonds is 7. The van der Waals surface area contributed by atoms with Gasteiger partial charge in [-0.15, -0.1) is 0 Å². The Kier molecular flexibility index (Phi) is 5.88. The van der Waals surface area contributed by atoms with Gasteiger partial charge in [-0.2, -0.15) is 0 Å². The van der Waals surface area contributed by atoms with Crippen molar-refractivity contribution < 1.29 is 23.5 Å². The third-order valence-electron chi connectivity index (χ3n) is 4.13. The first-order valence-corrected chi connectivity index (χ1v) is 8.78. The van der Waals surface area contributed by atoms with E-state index in [0.717, 1.165) is 10.9 Å². The maximum Gasteiger partial charge on any atom is 0.328 e. The lowest BCUT2D eigenvalue weighted by atomic mass is 10.0. The molecule has 2 aromatic heterocycles. The molecule has 1 amide bonds. The van der Waals surface area contributed by atoms with E-state index < -0.39 is 17.9 Å². The lowest BCUT2D eigenvalue weighted by molar-refractivity contribution is -0.144. The molecule has 3 rings (SSSR count). The number of fused-ring (bicyclic) bond motifs is 1. The zero-order valence-corrected chi connectivity index (χ0v) is 15.8. The Hall–Kier alpha value is -3.42. The molecule has 0 fully saturated rings. The highest BCUT2D eigenvalue weighted by molar-refractivity contribution is 5.95. The minimum Gasteiger partial charge on any atom is -0.484 e. The molecule has 1 atom stereocenters. The zero-order chi connectivity index (χ0) is 20.1. The topological polar surface area (TPSA) is 104 Å². The van der Waals surface area contributed by atoms with E-state index in [1.165, 1.54) is 13.4 Å². The molecule has 28 heavy (non-hydrogen) atoms. The minimum atomic E-state index is -0.764. The summed E-state index contributed by atoms with van der Waals surface area (Å²) in [7, 11) is 1.28. The van der Waals surface area contributed by atoms with Gasteiger partial charge in [0.25, 0.3) is 5.91 Å². The van der Waals surface area contributed by atoms with Crippen LogP contribution < -0.4 is 10.1 Å². The molecule has 0 aliphatic carbocycles. The van der Waals surface area contributed by atoms with Crippen LogP contribution in [0, 0.1) is 5.92 Å². The van der Waals surface area contributed by atoms with Gasteiger partial charge in [-0.1, -0.05) is 19.9 Å². The molecule has 0 unspecified atom stereocenters. The van der Waals surface area contributed by atoms with Gasteiger partial charge in [-0.25, -0.2) is 9.78 Å². The Morgan fingerprint density at radius 1 is 1.25 bits per heavy atom. The van der Waals surface area contributed by atoms with Gasteiger partial charge in [-0.05, 0) is 30.2 Å². The first kappa shape index (κ1) is 19.3. The van der Waals surface area contributed by atoms with Crippen molar-refractivity contribution in [2.45, 2.75) is 26.5 Å². The van der Waals surface area contributed by atoms with Gasteiger partial charge in [0, 0.05) is 11.6 Å². The number of amides is 1. The van der Waals surface area contributed by atoms with Crippen LogP contribution >= 0.6 is 0 Å². The van der Waals surface area contributed by atoms with Crippen molar-refractivity contribution in [3.05, 3.63) is 54.4 Å². The van der Waals surface area contributed by atoms with Gasteiger partial charge in [0.15, 0.2) is 12.3 Å². The number of nitrogens with zero attached hydrogens (tertiary/aromatic N) is 2. The highest BCUT2D eigenvalue weighted by Crippen LogP contribution is 2.20. The van der Waals surface area contributed by atoms with E-state index in [2.05, 4.69) is 15.3 Å². The first-order valence-electron chi connectivity index (χ1n) is 8.78. The number of methoxy groups -OCH3 is 1. The molecule has 0 spiro atoms. The van der Waals surface area contributed by atoms with E-state index in [9.17, 15) is 9.59 Å². The molecule has 8 heteroatoms. The van der Waals surface area contributed by atoms with Crippen molar-refractivity contribution in [2.24, 2.45) is 5.92 Å². The summed E-state index contributed by atoms with van der Waals surface area (Å²) in [6.07, 6.45) is 2.96. The van der Waals surface area contributed by atoms with Crippen molar-refractivity contribution in [1.82, 2.24) is 15.3 Å². The van der Waals surface area contributed by atoms with E-state index in [1.54, 1.807) is 12.3 Å². The lowest BCUT2D eigenvalue weighted by Gasteiger charge is -2.18. The van der Waals surface area contributed by atoms with Crippen LogP contribution in [0.15, 0.2) is 47.2 Å². The van der Waals surface area contributed by atoms with Crippen LogP contribution in [0.4, 0.5) is 0 Å². The Morgan fingerprint density at radius 2 is 2.07 bits per heavy atom. The van der Waals surface area contributed by atoms with Crippen molar-refractivity contribution in [3.63, 3.8) is 0 Å². The van der Waals surface area contributed by atoms with E-state index in [4.69, 9.17) is 13.9 Å². The SMILES string of the molecule is COC(=O)[C@@H](NC(=O)c1coc(COc2ccc3ncccc3c2)n1)C(C)C. The second-order valence-electron chi connectivity index (χ2n) is 6.49. The average Bonchev–Trinajstić information content (AvgIpc) is 3.18. The molecule has 2 heterocycles. The van der Waals surface area contributed by atoms with Crippen LogP contribution in [0.1, 0.15) is 30.2 Å². The minimum absolute atomic E-state index is 0.0592. The summed E-state index contributed by atoms with van der Waals surface area (Å²) in [4.78, 5) is 32.5. The number of nitrogens with one attached hydrogen (secondary N) is 1. The number of hydrogen-bond donors (Lipinski definition) is 1. The average molecular weight is 383 g/mol. The summed E-state index contributed by atoms with van der Waals surface area (Å²) in [5.41, 5.74) is 0.936. The van der Waals surface area contributed by atoms with E-state index in [-0.39, 0.29) is 24.1 Å². The number of esters is 1. The molecule has 0 aliphatic heterocycles. The monoisotopic (exact) mass is 383 g/mol. The molecule has 0 bridgehead atoms. The third-order valence-corrected chi connectivity index (χ3v) is 4.13. The van der Waals surface area contributed by atoms with Gasteiger partial charge < -0.3 is 19.2 Å². The number of oxazole rings is 1. The fourth-order valence-corrected chi connectivity index (χ4v) is 2.61. The fourth-order valence-electron chi connectivity index (χ4n) is 2.61. The number of carbonyl (C=O) groups excluding carboxylic acids is 2. The third kappa shape index (κ3) is 4.46. The summed E-state index contributed by atoms with van der Waals surface area (Å²) in [6.45, 7) is 3.68. The predicted molar refractivity (Wildman–Crippen MR) is 101 cm³/mol. The predicted octanol–water partition coefficient (Wildman–Crippen LogP) is 2.73. The smallest absolute Gasteiger partial charge is 0.328 e. The standard InChI is InChI=1S/C20H21N3O5/c1-12(2)18(20(25)26-3)23-19(24)16-10-28-17(22-16)11-27-14-6-7-15-13(9-14)5-4-8-21-15/h4-10,12,18H,11H2,1-3H3,(H,23,24)/t18-/m0/s1. The van der Waals surface area contributed by atoms with Gasteiger partial charge in [0.2, 0.25) is 5.89 Å². The normalized spacial score (nSPS) is 12.0. The molecule has 0 aliphatic rings. The first-order chi connectivity index (χ1) is 13.5. The van der Waals surface area contributed by atoms with Crippen LogP contribution in [-0.4, -0.2) is 35.0 Å². The number of aromatic nitrogens is 2. The maximum absolute atomic E-state index is 12.3. The molecular formula is C20H21N3O5. The van der Waals surface area contributed by atoms with E-state index >= 15 is 0 Å². The summed E-state index contributed by atoms with van der Waals surface area (Å²) in [5, 5.41) is 3.56. The van der Waals surface area contributed by atoms with Gasteiger partial charge >= 0.3 is 5.97 Å². The van der Waals surface area contributed by atoms with E-state index in [0.29, 0.717) is 5.75 Å². The highest BCUT2D eigenvalue weighted by Gasteiger charge is 2.26. The van der Waals surface area contributed by atoms with Crippen molar-refractivity contribution in [3.8, 4) is 5.75 Å². The quantitative estimate of drug-likeness (QED) is 0.626. The molecule has 0 saturated carbocycles. The molecule has 146 valence electrons. The summed E-state index contributed by atoms with van der Waals surface area (Å²) < 4.78 is 15.7. The molecule has 1 N–H and O–H groups in total. The Morgan fingerprint density at radius 3 is 2.82 bits per heavy atom. The molecule has 0 saturated heterocycles. The number of hydrogen-bond acceptors (Lipinski definition) is 7. The van der Waals surface area contributed by atoms with Gasteiger partial charge in [0.05, 0.1) is 12.6 Å². The Balaban J connectivity index is 1.62. The van der Waals surface area contributed by atoms with Gasteiger partial charge in [-0.3, -0.25) is 9.78 Å². The highest BCUT2D eigenvalue weighted by atomic mass is 16.5. The maximum atomic E-state index is 12.3. The Labute approximate surface area is 161 Å². The molecule has 1 aromatic carbocycles. The zero-order valence-electron chi connectivity index (χ0n) is 15.8. The number of carbonyl (C=O) groups is 2. The largest absolute Gasteiger partial charge is 0.484 e. The summed E-state index contributed by atoms with van der Waals surface area (Å²) in [6, 6.07) is 8.55. The van der Waals surface area contributed by atoms with Gasteiger partial charge in [0.1, 0.15) is 18.1 Å². The fraction of sp³-hybridized carbons (Fsp3) is 0.300. The summed E-state index contributed by atoms with van der Waals surface area (Å²) in [5.74, 6) is -0.281. The second-order valence-corrected chi connectivity index (χ2v) is 6.49. The number of pyridine rings is 1. The molecule has 8 nitrogen and oxygen atoms in total. The molecule has 0 radical (unpaired) electrons. The van der Waals surface area contributed by atoms with Crippen molar-refractivity contribution in [1.29, 1.82) is 0 Å². The van der Waals surface area contributed by atoms with Crippen LogP contribution in [0.25, 0.3) is 10.9 Å². The molecular weight excluding hydrogens is 362 g/mol. The van der Waals surface area contributed by atoms with Crippen molar-refractivity contribution in [2.75, 3.05) is 7.11 Å². The number of benzene rings is 1. The summed E-state index contributed by atoms with van der Waals surface area (Å²) >= 11 is 0.